The molecule has 9 heteroatoms. The molecule has 7 nitrogen and oxygen atoms in total. The highest BCUT2D eigenvalue weighted by molar-refractivity contribution is 6.35. The Hall–Kier alpha value is -3.55. The van der Waals surface area contributed by atoms with Crippen LogP contribution in [0.3, 0.4) is 0 Å². The first-order chi connectivity index (χ1) is 20.2. The van der Waals surface area contributed by atoms with E-state index in [4.69, 9.17) is 38.5 Å². The second-order valence-electron chi connectivity index (χ2n) is 10.1. The van der Waals surface area contributed by atoms with Gasteiger partial charge in [-0.3, -0.25) is 9.63 Å². The Morgan fingerprint density at radius 1 is 1.02 bits per heavy atom. The average Bonchev–Trinajstić information content (AvgIpc) is 3.00. The number of aromatic nitrogens is 1. The van der Waals surface area contributed by atoms with Gasteiger partial charge in [0.05, 0.1) is 17.3 Å². The van der Waals surface area contributed by atoms with Crippen LogP contribution in [0.1, 0.15) is 74.4 Å². The van der Waals surface area contributed by atoms with E-state index >= 15 is 0 Å². The van der Waals surface area contributed by atoms with Gasteiger partial charge in [0.15, 0.2) is 5.84 Å². The molecule has 0 saturated heterocycles. The van der Waals surface area contributed by atoms with Gasteiger partial charge in [-0.2, -0.15) is 0 Å². The normalized spacial score (nSPS) is 12.5. The minimum atomic E-state index is -0.877. The third kappa shape index (κ3) is 9.78. The van der Waals surface area contributed by atoms with E-state index in [2.05, 4.69) is 38.1 Å². The van der Waals surface area contributed by atoms with Gasteiger partial charge < -0.3 is 15.0 Å². The smallest absolute Gasteiger partial charge is 0.432 e. The fourth-order valence-corrected chi connectivity index (χ4v) is 4.97. The molecule has 0 aliphatic heterocycles. The SMILES string of the molecule is CCCCC(CC)COC(=O)ON=C(N)c1ccc(CCn2c(C=Cc3cccc(CC)c3)c(Cl)cc(Cl)c2=O)cc1. The molecule has 1 unspecified atom stereocenters. The maximum atomic E-state index is 12.9. The van der Waals surface area contributed by atoms with Gasteiger partial charge in [0.2, 0.25) is 0 Å². The number of hydrogen-bond donors (Lipinski definition) is 1. The minimum Gasteiger partial charge on any atom is -0.432 e. The van der Waals surface area contributed by atoms with Crippen LogP contribution < -0.4 is 11.3 Å². The van der Waals surface area contributed by atoms with Gasteiger partial charge in [0.1, 0.15) is 5.02 Å². The summed E-state index contributed by atoms with van der Waals surface area (Å²) >= 11 is 12.7. The first-order valence-corrected chi connectivity index (χ1v) is 15.1. The van der Waals surface area contributed by atoms with Crippen LogP contribution in [0.25, 0.3) is 12.2 Å². The Balaban J connectivity index is 1.65. The Labute approximate surface area is 257 Å². The summed E-state index contributed by atoms with van der Waals surface area (Å²) in [5, 5.41) is 4.18. The van der Waals surface area contributed by atoms with E-state index in [1.54, 1.807) is 16.7 Å². The Morgan fingerprint density at radius 2 is 1.79 bits per heavy atom. The first kappa shape index (κ1) is 33.0. The van der Waals surface area contributed by atoms with Crippen LogP contribution in [-0.2, 0) is 29.0 Å². The number of carbonyl (C=O) groups is 1. The van der Waals surface area contributed by atoms with Crippen molar-refractivity contribution >= 4 is 47.3 Å². The Bertz CT molecular complexity index is 1450. The van der Waals surface area contributed by atoms with Crippen molar-refractivity contribution in [3.05, 3.63) is 103 Å². The molecule has 0 radical (unpaired) electrons. The quantitative estimate of drug-likeness (QED) is 0.0652. The predicted molar refractivity (Wildman–Crippen MR) is 172 cm³/mol. The monoisotopic (exact) mass is 611 g/mol. The number of halogens is 2. The van der Waals surface area contributed by atoms with Crippen molar-refractivity contribution in [1.29, 1.82) is 0 Å². The third-order valence-electron chi connectivity index (χ3n) is 7.10. The van der Waals surface area contributed by atoms with Crippen LogP contribution in [0.4, 0.5) is 4.79 Å². The van der Waals surface area contributed by atoms with Gasteiger partial charge in [-0.1, -0.05) is 123 Å². The number of hydrogen-bond acceptors (Lipinski definition) is 5. The summed E-state index contributed by atoms with van der Waals surface area (Å²) in [6.45, 7) is 6.96. The zero-order chi connectivity index (χ0) is 30.5. The number of carbonyl (C=O) groups excluding carboxylic acids is 1. The predicted octanol–water partition coefficient (Wildman–Crippen LogP) is 8.12. The number of rotatable bonds is 14. The molecule has 0 spiro atoms. The second kappa shape index (κ2) is 16.8. The van der Waals surface area contributed by atoms with Crippen molar-refractivity contribution in [1.82, 2.24) is 4.57 Å². The fourth-order valence-electron chi connectivity index (χ4n) is 4.43. The Morgan fingerprint density at radius 3 is 2.48 bits per heavy atom. The number of amidine groups is 1. The van der Waals surface area contributed by atoms with Crippen LogP contribution in [0.15, 0.2) is 64.5 Å². The molecule has 0 saturated carbocycles. The lowest BCUT2D eigenvalue weighted by atomic mass is 10.0. The third-order valence-corrected chi connectivity index (χ3v) is 7.68. The first-order valence-electron chi connectivity index (χ1n) is 14.4. The molecule has 0 bridgehead atoms. The molecule has 2 N–H and O–H groups in total. The number of nitrogens with two attached hydrogens (primary N) is 1. The van der Waals surface area contributed by atoms with E-state index in [-0.39, 0.29) is 16.4 Å². The zero-order valence-electron chi connectivity index (χ0n) is 24.4. The van der Waals surface area contributed by atoms with Crippen molar-refractivity contribution < 1.29 is 14.4 Å². The molecule has 0 fully saturated rings. The van der Waals surface area contributed by atoms with E-state index in [0.717, 1.165) is 43.2 Å². The van der Waals surface area contributed by atoms with Crippen LogP contribution in [0, 0.1) is 5.92 Å². The minimum absolute atomic E-state index is 0.0499. The maximum Gasteiger partial charge on any atom is 0.535 e. The summed E-state index contributed by atoms with van der Waals surface area (Å²) in [5.74, 6) is 0.351. The van der Waals surface area contributed by atoms with Crippen LogP contribution >= 0.6 is 23.2 Å². The molecule has 0 amide bonds. The Kier molecular flexibility index (Phi) is 13.2. The number of unbranched alkanes of at least 4 members (excludes halogenated alkanes) is 1. The molecule has 2 aromatic carbocycles. The lowest BCUT2D eigenvalue weighted by Crippen LogP contribution is -2.24. The van der Waals surface area contributed by atoms with Crippen LogP contribution in [-0.4, -0.2) is 23.2 Å². The number of ether oxygens (including phenoxy) is 1. The van der Waals surface area contributed by atoms with Gasteiger partial charge in [-0.15, -0.1) is 0 Å². The summed E-state index contributed by atoms with van der Waals surface area (Å²) < 4.78 is 6.77. The van der Waals surface area contributed by atoms with Crippen molar-refractivity contribution in [2.24, 2.45) is 16.8 Å². The number of benzene rings is 2. The second-order valence-corrected chi connectivity index (χ2v) is 10.9. The molecule has 1 aromatic heterocycles. The van der Waals surface area contributed by atoms with Crippen molar-refractivity contribution in [3.63, 3.8) is 0 Å². The number of nitrogens with zero attached hydrogens (tertiary/aromatic N) is 2. The van der Waals surface area contributed by atoms with E-state index in [1.807, 2.05) is 36.4 Å². The zero-order valence-corrected chi connectivity index (χ0v) is 26.0. The highest BCUT2D eigenvalue weighted by Gasteiger charge is 2.13. The van der Waals surface area contributed by atoms with E-state index < -0.39 is 6.16 Å². The summed E-state index contributed by atoms with van der Waals surface area (Å²) in [6, 6.07) is 17.0. The summed E-state index contributed by atoms with van der Waals surface area (Å²) in [4.78, 5) is 29.7. The molecular formula is C33H39Cl2N3O4. The highest BCUT2D eigenvalue weighted by Crippen LogP contribution is 2.22. The van der Waals surface area contributed by atoms with Gasteiger partial charge in [-0.05, 0) is 54.0 Å². The lowest BCUT2D eigenvalue weighted by molar-refractivity contribution is 0.0443. The largest absolute Gasteiger partial charge is 0.535 e. The molecule has 0 aliphatic rings. The number of pyridine rings is 1. The fraction of sp³-hybridized carbons (Fsp3) is 0.364. The molecule has 42 heavy (non-hydrogen) atoms. The number of oxime groups is 1. The van der Waals surface area contributed by atoms with E-state index in [1.165, 1.54) is 11.6 Å². The topological polar surface area (TPSA) is 95.9 Å². The van der Waals surface area contributed by atoms with Gasteiger partial charge in [0.25, 0.3) is 5.56 Å². The van der Waals surface area contributed by atoms with Gasteiger partial charge in [-0.25, -0.2) is 4.79 Å². The molecule has 1 atom stereocenters. The molecule has 3 aromatic rings. The highest BCUT2D eigenvalue weighted by atomic mass is 35.5. The molecule has 0 aliphatic carbocycles. The summed E-state index contributed by atoms with van der Waals surface area (Å²) in [6.07, 6.45) is 8.49. The summed E-state index contributed by atoms with van der Waals surface area (Å²) in [7, 11) is 0. The molecule has 224 valence electrons. The molecular weight excluding hydrogens is 573 g/mol. The lowest BCUT2D eigenvalue weighted by Gasteiger charge is -2.13. The van der Waals surface area contributed by atoms with Crippen molar-refractivity contribution in [2.45, 2.75) is 65.8 Å². The van der Waals surface area contributed by atoms with Crippen molar-refractivity contribution in [3.8, 4) is 0 Å². The van der Waals surface area contributed by atoms with Gasteiger partial charge in [0, 0.05) is 12.1 Å². The van der Waals surface area contributed by atoms with E-state index in [0.29, 0.717) is 41.8 Å². The standard InChI is InChI=1S/C33H39Cl2N3O4/c1-4-7-9-24(6-3)22-41-33(40)42-37-31(36)27-15-12-25(13-16-27)18-19-38-30(28(34)21-29(35)32(38)39)17-14-26-11-8-10-23(5-2)20-26/h8,10-17,20-21,24H,4-7,9,18-19,22H2,1-3H3,(H2,36,37). The number of aryl methyl sites for hydroxylation is 2. The van der Waals surface area contributed by atoms with E-state index in [9.17, 15) is 9.59 Å². The van der Waals surface area contributed by atoms with Crippen molar-refractivity contribution in [2.75, 3.05) is 6.61 Å². The molecule has 3 rings (SSSR count). The van der Waals surface area contributed by atoms with Crippen LogP contribution in [0.5, 0.6) is 0 Å². The maximum absolute atomic E-state index is 12.9. The molecule has 1 heterocycles. The van der Waals surface area contributed by atoms with Gasteiger partial charge >= 0.3 is 6.16 Å². The summed E-state index contributed by atoms with van der Waals surface area (Å²) in [5.41, 5.74) is 10.1. The van der Waals surface area contributed by atoms with Crippen LogP contribution in [0.2, 0.25) is 10.0 Å². The average molecular weight is 613 g/mol.